The second kappa shape index (κ2) is 8.49. The quantitative estimate of drug-likeness (QED) is 0.596. The predicted molar refractivity (Wildman–Crippen MR) is 105 cm³/mol. The Morgan fingerprint density at radius 1 is 1.25 bits per heavy atom. The molecule has 2 aromatic rings. The first-order valence-corrected chi connectivity index (χ1v) is 9.55. The molecular weight excluding hydrogens is 360 g/mol. The van der Waals surface area contributed by atoms with E-state index in [0.717, 1.165) is 57.2 Å². The van der Waals surface area contributed by atoms with Gasteiger partial charge in [0.1, 0.15) is 5.82 Å². The van der Waals surface area contributed by atoms with Crippen molar-refractivity contribution in [2.75, 3.05) is 49.6 Å². The molecule has 1 aromatic heterocycles. The van der Waals surface area contributed by atoms with Gasteiger partial charge in [-0.05, 0) is 18.1 Å². The second-order valence-electron chi connectivity index (χ2n) is 7.13. The molecular formula is C19H24N6O3. The van der Waals surface area contributed by atoms with Crippen LogP contribution in [0.3, 0.4) is 0 Å². The third-order valence-electron chi connectivity index (χ3n) is 5.11. The Morgan fingerprint density at radius 3 is 2.93 bits per heavy atom. The topological polar surface area (TPSA) is 96.7 Å². The molecule has 1 atom stereocenters. The number of hydrogen-bond donors (Lipinski definition) is 1. The Kier molecular flexibility index (Phi) is 5.63. The molecule has 0 amide bonds. The number of non-ortho nitro benzene ring substituents is 1. The summed E-state index contributed by atoms with van der Waals surface area (Å²) in [6.45, 7) is 5.63. The van der Waals surface area contributed by atoms with Gasteiger partial charge in [-0.3, -0.25) is 15.0 Å². The lowest BCUT2D eigenvalue weighted by Crippen LogP contribution is -2.37. The van der Waals surface area contributed by atoms with E-state index in [1.54, 1.807) is 18.3 Å². The number of benzene rings is 1. The van der Waals surface area contributed by atoms with Crippen molar-refractivity contribution in [2.24, 2.45) is 0 Å². The van der Waals surface area contributed by atoms with Crippen molar-refractivity contribution in [3.63, 3.8) is 0 Å². The number of nitrogens with zero attached hydrogens (tertiary/aromatic N) is 5. The van der Waals surface area contributed by atoms with Crippen LogP contribution in [0.2, 0.25) is 0 Å². The van der Waals surface area contributed by atoms with Gasteiger partial charge in [0.25, 0.3) is 5.69 Å². The van der Waals surface area contributed by atoms with Crippen molar-refractivity contribution < 1.29 is 9.66 Å². The first-order valence-electron chi connectivity index (χ1n) is 9.55. The Bertz CT molecular complexity index is 827. The molecule has 9 nitrogen and oxygen atoms in total. The fraction of sp³-hybridized carbons (Fsp3) is 0.474. The van der Waals surface area contributed by atoms with Crippen LogP contribution in [0, 0.1) is 10.1 Å². The summed E-state index contributed by atoms with van der Waals surface area (Å²) in [5.41, 5.74) is 1.10. The van der Waals surface area contributed by atoms with Gasteiger partial charge in [-0.2, -0.15) is 4.98 Å². The van der Waals surface area contributed by atoms with E-state index in [1.165, 1.54) is 6.07 Å². The van der Waals surface area contributed by atoms with Crippen molar-refractivity contribution in [2.45, 2.75) is 19.0 Å². The van der Waals surface area contributed by atoms with Gasteiger partial charge in [-0.1, -0.05) is 12.1 Å². The lowest BCUT2D eigenvalue weighted by Gasteiger charge is -2.28. The number of morpholine rings is 1. The number of likely N-dealkylation sites (tertiary alicyclic amines) is 1. The maximum absolute atomic E-state index is 10.9. The van der Waals surface area contributed by atoms with E-state index < -0.39 is 0 Å². The highest BCUT2D eigenvalue weighted by atomic mass is 16.6. The van der Waals surface area contributed by atoms with E-state index in [0.29, 0.717) is 12.5 Å². The molecule has 2 fully saturated rings. The van der Waals surface area contributed by atoms with E-state index in [2.05, 4.69) is 25.1 Å². The molecule has 148 valence electrons. The number of nitrogens with one attached hydrogen (secondary N) is 1. The molecule has 1 aromatic carbocycles. The predicted octanol–water partition coefficient (Wildman–Crippen LogP) is 1.91. The van der Waals surface area contributed by atoms with Crippen LogP contribution in [0.4, 0.5) is 17.5 Å². The van der Waals surface area contributed by atoms with Crippen LogP contribution in [-0.2, 0) is 11.3 Å². The minimum absolute atomic E-state index is 0.139. The van der Waals surface area contributed by atoms with Crippen molar-refractivity contribution in [3.05, 3.63) is 52.2 Å². The lowest BCUT2D eigenvalue weighted by atomic mass is 10.2. The van der Waals surface area contributed by atoms with Crippen molar-refractivity contribution in [1.82, 2.24) is 14.9 Å². The fourth-order valence-electron chi connectivity index (χ4n) is 3.69. The first kappa shape index (κ1) is 18.6. The molecule has 1 N–H and O–H groups in total. The molecule has 2 aliphatic heterocycles. The molecule has 28 heavy (non-hydrogen) atoms. The highest BCUT2D eigenvalue weighted by Gasteiger charge is 2.24. The van der Waals surface area contributed by atoms with Gasteiger partial charge in [-0.15, -0.1) is 0 Å². The summed E-state index contributed by atoms with van der Waals surface area (Å²) in [4.78, 5) is 24.1. The fourth-order valence-corrected chi connectivity index (χ4v) is 3.69. The van der Waals surface area contributed by atoms with E-state index in [9.17, 15) is 10.1 Å². The van der Waals surface area contributed by atoms with Gasteiger partial charge < -0.3 is 15.0 Å². The molecule has 0 radical (unpaired) electrons. The van der Waals surface area contributed by atoms with Gasteiger partial charge in [0.15, 0.2) is 0 Å². The summed E-state index contributed by atoms with van der Waals surface area (Å²) in [5, 5.41) is 14.4. The van der Waals surface area contributed by atoms with Gasteiger partial charge in [-0.25, -0.2) is 4.98 Å². The minimum Gasteiger partial charge on any atom is -0.378 e. The normalized spacial score (nSPS) is 20.3. The summed E-state index contributed by atoms with van der Waals surface area (Å²) in [5.74, 6) is 1.57. The van der Waals surface area contributed by atoms with Gasteiger partial charge in [0, 0.05) is 57.1 Å². The molecule has 0 spiro atoms. The van der Waals surface area contributed by atoms with Crippen LogP contribution in [-0.4, -0.2) is 65.2 Å². The van der Waals surface area contributed by atoms with Crippen molar-refractivity contribution in [3.8, 4) is 0 Å². The summed E-state index contributed by atoms with van der Waals surface area (Å²) >= 11 is 0. The number of nitro groups is 1. The van der Waals surface area contributed by atoms with E-state index in [-0.39, 0.29) is 16.7 Å². The van der Waals surface area contributed by atoms with Crippen LogP contribution in [0.5, 0.6) is 0 Å². The average Bonchev–Trinajstić information content (AvgIpc) is 3.15. The number of anilines is 2. The third-order valence-corrected chi connectivity index (χ3v) is 5.11. The van der Waals surface area contributed by atoms with Crippen LogP contribution < -0.4 is 10.2 Å². The maximum Gasteiger partial charge on any atom is 0.269 e. The standard InChI is InChI=1S/C19H24N6O3/c26-25(27)17-3-1-2-15(12-17)13-23-7-5-16(14-23)21-19-20-6-4-18(22-19)24-8-10-28-11-9-24/h1-4,6,12,16H,5,7-11,13-14H2,(H,20,21,22). The van der Waals surface area contributed by atoms with E-state index in [4.69, 9.17) is 4.74 Å². The highest BCUT2D eigenvalue weighted by Crippen LogP contribution is 2.20. The van der Waals surface area contributed by atoms with Gasteiger partial charge >= 0.3 is 0 Å². The SMILES string of the molecule is O=[N+]([O-])c1cccc(CN2CCC(Nc3nccc(N4CCOCC4)n3)C2)c1. The number of aromatic nitrogens is 2. The highest BCUT2D eigenvalue weighted by molar-refractivity contribution is 5.43. The van der Waals surface area contributed by atoms with Crippen LogP contribution in [0.1, 0.15) is 12.0 Å². The summed E-state index contributed by atoms with van der Waals surface area (Å²) < 4.78 is 5.40. The molecule has 0 bridgehead atoms. The molecule has 0 saturated carbocycles. The molecule has 3 heterocycles. The number of nitro benzene ring substituents is 1. The Morgan fingerprint density at radius 2 is 2.11 bits per heavy atom. The molecule has 4 rings (SSSR count). The van der Waals surface area contributed by atoms with Gasteiger partial charge in [0.05, 0.1) is 18.1 Å². The largest absolute Gasteiger partial charge is 0.378 e. The van der Waals surface area contributed by atoms with Crippen LogP contribution in [0.15, 0.2) is 36.5 Å². The summed E-state index contributed by atoms with van der Waals surface area (Å²) in [6.07, 6.45) is 2.77. The Balaban J connectivity index is 1.33. The molecule has 9 heteroatoms. The smallest absolute Gasteiger partial charge is 0.269 e. The first-order chi connectivity index (χ1) is 13.7. The van der Waals surface area contributed by atoms with E-state index in [1.807, 2.05) is 12.1 Å². The minimum atomic E-state index is -0.351. The molecule has 0 aliphatic carbocycles. The van der Waals surface area contributed by atoms with Crippen molar-refractivity contribution >= 4 is 17.5 Å². The number of hydrogen-bond acceptors (Lipinski definition) is 8. The summed E-state index contributed by atoms with van der Waals surface area (Å²) in [6, 6.07) is 9.04. The van der Waals surface area contributed by atoms with Crippen molar-refractivity contribution in [1.29, 1.82) is 0 Å². The zero-order valence-electron chi connectivity index (χ0n) is 15.7. The van der Waals surface area contributed by atoms with Crippen LogP contribution in [0.25, 0.3) is 0 Å². The maximum atomic E-state index is 10.9. The number of ether oxygens (including phenoxy) is 1. The zero-order chi connectivity index (χ0) is 19.3. The molecule has 1 unspecified atom stereocenters. The number of rotatable bonds is 6. The zero-order valence-corrected chi connectivity index (χ0v) is 15.7. The molecule has 2 saturated heterocycles. The Labute approximate surface area is 163 Å². The summed E-state index contributed by atoms with van der Waals surface area (Å²) in [7, 11) is 0. The third kappa shape index (κ3) is 4.55. The van der Waals surface area contributed by atoms with Gasteiger partial charge in [0.2, 0.25) is 5.95 Å². The average molecular weight is 384 g/mol. The van der Waals surface area contributed by atoms with Crippen LogP contribution >= 0.6 is 0 Å². The molecule has 2 aliphatic rings. The monoisotopic (exact) mass is 384 g/mol. The lowest BCUT2D eigenvalue weighted by molar-refractivity contribution is -0.384. The Hall–Kier alpha value is -2.78. The van der Waals surface area contributed by atoms with E-state index >= 15 is 0 Å². The second-order valence-corrected chi connectivity index (χ2v) is 7.13.